The molecule has 158 valence electrons. The molecule has 0 amide bonds. The first-order valence-corrected chi connectivity index (χ1v) is 10.5. The molecule has 0 atom stereocenters. The monoisotopic (exact) mass is 417 g/mol. The lowest BCUT2D eigenvalue weighted by Gasteiger charge is -2.35. The molecule has 7 nitrogen and oxygen atoms in total. The molecule has 0 saturated heterocycles. The number of aliphatic carboxylic acids is 1. The van der Waals surface area contributed by atoms with Gasteiger partial charge in [-0.3, -0.25) is 9.59 Å². The van der Waals surface area contributed by atoms with Crippen LogP contribution < -0.4 is 0 Å². The number of fused-ring (bicyclic) bond motifs is 1. The number of pyridine rings is 1. The third kappa shape index (κ3) is 3.40. The van der Waals surface area contributed by atoms with Crippen molar-refractivity contribution >= 4 is 28.7 Å². The van der Waals surface area contributed by atoms with Gasteiger partial charge < -0.3 is 9.84 Å². The van der Waals surface area contributed by atoms with E-state index in [1.807, 2.05) is 49.5 Å². The number of ketones is 1. The molecule has 1 aromatic carbocycles. The molecule has 0 bridgehead atoms. The number of hydrogen-bond acceptors (Lipinski definition) is 5. The zero-order valence-corrected chi connectivity index (χ0v) is 17.2. The Morgan fingerprint density at radius 2 is 2.03 bits per heavy atom. The first-order valence-electron chi connectivity index (χ1n) is 10.5. The highest BCUT2D eigenvalue weighted by Crippen LogP contribution is 2.49. The number of ether oxygens (including phenoxy) is 1. The van der Waals surface area contributed by atoms with Crippen molar-refractivity contribution in [1.82, 2.24) is 14.6 Å². The molecule has 31 heavy (non-hydrogen) atoms. The van der Waals surface area contributed by atoms with Crippen LogP contribution in [0.3, 0.4) is 0 Å². The fourth-order valence-electron chi connectivity index (χ4n) is 4.76. The number of aryl methyl sites for hydroxylation is 1. The number of Topliss-reactive ketones (excluding diaryl/α,β-unsaturated/α-hetero) is 1. The summed E-state index contributed by atoms with van der Waals surface area (Å²) in [7, 11) is 0. The Labute approximate surface area is 179 Å². The van der Waals surface area contributed by atoms with Crippen molar-refractivity contribution in [3.63, 3.8) is 0 Å². The maximum absolute atomic E-state index is 13.8. The summed E-state index contributed by atoms with van der Waals surface area (Å²) >= 11 is 0. The number of aromatic nitrogens is 3. The molecule has 0 unspecified atom stereocenters. The van der Waals surface area contributed by atoms with Crippen molar-refractivity contribution < 1.29 is 19.4 Å². The molecule has 5 rings (SSSR count). The molecule has 2 aliphatic rings. The Morgan fingerprint density at radius 1 is 1.23 bits per heavy atom. The van der Waals surface area contributed by atoms with Crippen LogP contribution in [-0.2, 0) is 14.3 Å². The molecule has 7 heteroatoms. The van der Waals surface area contributed by atoms with Crippen molar-refractivity contribution in [3.8, 4) is 0 Å². The van der Waals surface area contributed by atoms with E-state index in [2.05, 4.69) is 10.1 Å². The smallest absolute Gasteiger partial charge is 0.303 e. The van der Waals surface area contributed by atoms with E-state index < -0.39 is 11.6 Å². The van der Waals surface area contributed by atoms with E-state index in [1.165, 1.54) is 6.33 Å². The van der Waals surface area contributed by atoms with Gasteiger partial charge in [0.25, 0.3) is 0 Å². The van der Waals surface area contributed by atoms with E-state index in [9.17, 15) is 9.59 Å². The normalized spacial score (nSPS) is 23.5. The quantitative estimate of drug-likeness (QED) is 0.692. The SMILES string of the molecule is Cc1cccc(C2=C(c3ccc4ncnn4c3)OC3(CCC(CC(=O)O)CC3)C2=O)c1. The summed E-state index contributed by atoms with van der Waals surface area (Å²) < 4.78 is 8.16. The van der Waals surface area contributed by atoms with E-state index in [-0.39, 0.29) is 18.1 Å². The van der Waals surface area contributed by atoms with Gasteiger partial charge in [-0.15, -0.1) is 0 Å². The number of carbonyl (C=O) groups excluding carboxylic acids is 1. The highest BCUT2D eigenvalue weighted by molar-refractivity contribution is 6.33. The summed E-state index contributed by atoms with van der Waals surface area (Å²) in [6, 6.07) is 11.6. The van der Waals surface area contributed by atoms with E-state index in [1.54, 1.807) is 4.52 Å². The predicted octanol–water partition coefficient (Wildman–Crippen LogP) is 3.91. The van der Waals surface area contributed by atoms with Crippen LogP contribution >= 0.6 is 0 Å². The lowest BCUT2D eigenvalue weighted by Crippen LogP contribution is -2.41. The van der Waals surface area contributed by atoms with Gasteiger partial charge in [-0.05, 0) is 56.2 Å². The Bertz CT molecular complexity index is 1220. The van der Waals surface area contributed by atoms with Crippen LogP contribution in [-0.4, -0.2) is 37.1 Å². The minimum atomic E-state index is -0.930. The number of benzene rings is 1. The summed E-state index contributed by atoms with van der Waals surface area (Å²) in [4.78, 5) is 29.1. The average Bonchev–Trinajstić information content (AvgIpc) is 3.32. The summed E-state index contributed by atoms with van der Waals surface area (Å²) in [6.07, 6.45) is 5.82. The predicted molar refractivity (Wildman–Crippen MR) is 114 cm³/mol. The molecule has 3 heterocycles. The zero-order valence-electron chi connectivity index (χ0n) is 17.2. The second kappa shape index (κ2) is 7.34. The molecule has 1 N–H and O–H groups in total. The summed E-state index contributed by atoms with van der Waals surface area (Å²) in [5, 5.41) is 13.3. The van der Waals surface area contributed by atoms with Gasteiger partial charge in [0.15, 0.2) is 11.2 Å². The van der Waals surface area contributed by atoms with Crippen molar-refractivity contribution in [1.29, 1.82) is 0 Å². The Kier molecular flexibility index (Phi) is 4.61. The molecule has 1 fully saturated rings. The highest BCUT2D eigenvalue weighted by Gasteiger charge is 2.51. The highest BCUT2D eigenvalue weighted by atomic mass is 16.5. The van der Waals surface area contributed by atoms with Gasteiger partial charge in [-0.1, -0.05) is 29.8 Å². The van der Waals surface area contributed by atoms with Crippen molar-refractivity contribution in [2.75, 3.05) is 0 Å². The molecule has 0 radical (unpaired) electrons. The van der Waals surface area contributed by atoms with Crippen LogP contribution in [0.2, 0.25) is 0 Å². The number of carboxylic acids is 1. The van der Waals surface area contributed by atoms with Gasteiger partial charge in [0.2, 0.25) is 5.78 Å². The number of nitrogens with zero attached hydrogens (tertiary/aromatic N) is 3. The average molecular weight is 417 g/mol. The van der Waals surface area contributed by atoms with E-state index in [4.69, 9.17) is 9.84 Å². The van der Waals surface area contributed by atoms with Crippen molar-refractivity contribution in [2.45, 2.75) is 44.6 Å². The summed E-state index contributed by atoms with van der Waals surface area (Å²) in [5.74, 6) is -0.164. The molecular weight excluding hydrogens is 394 g/mol. The van der Waals surface area contributed by atoms with E-state index >= 15 is 0 Å². The Balaban J connectivity index is 1.56. The fraction of sp³-hybridized carbons (Fsp3) is 0.333. The molecule has 3 aromatic rings. The first kappa shape index (κ1) is 19.5. The van der Waals surface area contributed by atoms with Crippen LogP contribution in [0.1, 0.15) is 48.8 Å². The van der Waals surface area contributed by atoms with Gasteiger partial charge >= 0.3 is 5.97 Å². The van der Waals surface area contributed by atoms with Crippen molar-refractivity contribution in [3.05, 3.63) is 65.6 Å². The van der Waals surface area contributed by atoms with Crippen LogP contribution in [0.25, 0.3) is 17.0 Å². The van der Waals surface area contributed by atoms with Gasteiger partial charge in [-0.25, -0.2) is 9.50 Å². The molecule has 1 aliphatic carbocycles. The molecule has 1 aliphatic heterocycles. The fourth-order valence-corrected chi connectivity index (χ4v) is 4.76. The van der Waals surface area contributed by atoms with Crippen LogP contribution in [0, 0.1) is 12.8 Å². The van der Waals surface area contributed by atoms with Crippen LogP contribution in [0.15, 0.2) is 48.9 Å². The van der Waals surface area contributed by atoms with Gasteiger partial charge in [0, 0.05) is 18.2 Å². The number of rotatable bonds is 4. The van der Waals surface area contributed by atoms with Crippen molar-refractivity contribution in [2.24, 2.45) is 5.92 Å². The van der Waals surface area contributed by atoms with Gasteiger partial charge in [-0.2, -0.15) is 5.10 Å². The maximum atomic E-state index is 13.8. The molecule has 1 spiro atoms. The number of hydrogen-bond donors (Lipinski definition) is 1. The number of carbonyl (C=O) groups is 2. The molecule has 2 aromatic heterocycles. The Morgan fingerprint density at radius 3 is 2.77 bits per heavy atom. The van der Waals surface area contributed by atoms with Gasteiger partial charge in [0.1, 0.15) is 12.1 Å². The molecule has 1 saturated carbocycles. The summed E-state index contributed by atoms with van der Waals surface area (Å²) in [5.41, 5.74) is 3.04. The number of carboxylic acid groups (broad SMARTS) is 1. The van der Waals surface area contributed by atoms with Crippen LogP contribution in [0.5, 0.6) is 0 Å². The largest absolute Gasteiger partial charge is 0.481 e. The second-order valence-corrected chi connectivity index (χ2v) is 8.52. The zero-order chi connectivity index (χ0) is 21.6. The summed E-state index contributed by atoms with van der Waals surface area (Å²) in [6.45, 7) is 2.00. The lowest BCUT2D eigenvalue weighted by atomic mass is 9.74. The minimum Gasteiger partial charge on any atom is -0.481 e. The van der Waals surface area contributed by atoms with E-state index in [0.717, 1.165) is 22.3 Å². The third-order valence-electron chi connectivity index (χ3n) is 6.38. The maximum Gasteiger partial charge on any atom is 0.303 e. The minimum absolute atomic E-state index is 0.0134. The second-order valence-electron chi connectivity index (χ2n) is 8.52. The standard InChI is InChI=1S/C24H23N3O4/c1-15-3-2-4-17(11-15)21-22(18-5-6-19-25-14-26-27(19)13-18)31-24(23(21)30)9-7-16(8-10-24)12-20(28)29/h2-6,11,13-14,16H,7-10,12H2,1H3,(H,28,29). The Hall–Kier alpha value is -3.48. The van der Waals surface area contributed by atoms with E-state index in [0.29, 0.717) is 37.0 Å². The third-order valence-corrected chi connectivity index (χ3v) is 6.38. The first-order chi connectivity index (χ1) is 14.9. The van der Waals surface area contributed by atoms with Crippen LogP contribution in [0.4, 0.5) is 0 Å². The lowest BCUT2D eigenvalue weighted by molar-refractivity contribution is -0.139. The van der Waals surface area contributed by atoms with Gasteiger partial charge in [0.05, 0.1) is 5.57 Å². The molecular formula is C24H23N3O4. The topological polar surface area (TPSA) is 93.8 Å².